The second-order valence-corrected chi connectivity index (χ2v) is 30.4. The molecule has 4 N–H and O–H groups in total. The highest BCUT2D eigenvalue weighted by Gasteiger charge is 2.41. The Hall–Kier alpha value is -7.60. The van der Waals surface area contributed by atoms with E-state index in [1.54, 1.807) is 64.6 Å². The maximum atomic E-state index is 13.6. The number of fused-ring (bicyclic) bond motifs is 4. The number of sulfonamides is 3. The summed E-state index contributed by atoms with van der Waals surface area (Å²) < 4.78 is 93.8. The Morgan fingerprint density at radius 3 is 1.23 bits per heavy atom. The summed E-state index contributed by atoms with van der Waals surface area (Å²) in [5.74, 6) is -0.148. The van der Waals surface area contributed by atoms with E-state index < -0.39 is 30.1 Å². The summed E-state index contributed by atoms with van der Waals surface area (Å²) >= 11 is 18.6. The van der Waals surface area contributed by atoms with Gasteiger partial charge in [-0.2, -0.15) is 33.3 Å². The minimum Gasteiger partial charge on any atom is -0.368 e. The molecule has 4 saturated heterocycles. The standard InChI is InChI=1S/C18H19ClN4O2S.C17H17ClN4O2S.C14H17ClN4O2S.C13H15FN4O/c19-15-10-17-16(12-20-21-17)18(11-15)22-6-8-23(9-7-22)26(24,25)13-14-4-2-1-3-5-14;18-13-10-16-15(12-19-20-16)17(11-13)21-6-8-22(9-7-21)25(23,24)14-4-2-1-3-5-14;15-10-7-13-12(9-16-17-13)14(8-10)18-3-5-19(6-4-18)22(20,21)11-1-2-11;1-9(19)17-2-4-18(5-3-17)13-7-10(14)6-12-11(13)8-15-16-12/h1-5,10-12H,6-9,13H2,(H,20,21);1-5,10-12H,6-9H2,(H,19,20);7-9,11H,1-6H2,(H,16,17);6-8H,2-5H2,1H3,(H,15,16). The Morgan fingerprint density at radius 1 is 0.467 bits per heavy atom. The molecule has 0 spiro atoms. The van der Waals surface area contributed by atoms with E-state index >= 15 is 0 Å². The highest BCUT2D eigenvalue weighted by Crippen LogP contribution is 2.36. The van der Waals surface area contributed by atoms with Crippen LogP contribution in [0.4, 0.5) is 27.1 Å². The van der Waals surface area contributed by atoms with E-state index in [2.05, 4.69) is 60.4 Å². The number of piperazine rings is 4. The first kappa shape index (κ1) is 64.5. The van der Waals surface area contributed by atoms with Gasteiger partial charge in [0.15, 0.2) is 0 Å². The molecule has 0 atom stereocenters. The number of benzene rings is 6. The molecule has 10 aromatic rings. The van der Waals surface area contributed by atoms with Crippen molar-refractivity contribution in [3.8, 4) is 0 Å². The molecule has 484 valence electrons. The summed E-state index contributed by atoms with van der Waals surface area (Å²) in [4.78, 5) is 22.0. The summed E-state index contributed by atoms with van der Waals surface area (Å²) in [5.41, 5.74) is 7.99. The van der Waals surface area contributed by atoms with E-state index in [0.717, 1.165) is 79.2 Å². The van der Waals surface area contributed by atoms with Crippen LogP contribution in [-0.4, -0.2) is 200 Å². The molecule has 30 heteroatoms. The zero-order chi connectivity index (χ0) is 64.3. The van der Waals surface area contributed by atoms with Crippen LogP contribution in [0.15, 0.2) is 139 Å². The summed E-state index contributed by atoms with van der Waals surface area (Å²) in [6.07, 6.45) is 8.67. The predicted octanol–water partition coefficient (Wildman–Crippen LogP) is 8.80. The lowest BCUT2D eigenvalue weighted by Crippen LogP contribution is -2.49. The number of hydrogen-bond donors (Lipinski definition) is 4. The van der Waals surface area contributed by atoms with Gasteiger partial charge in [-0.1, -0.05) is 83.3 Å². The van der Waals surface area contributed by atoms with Crippen LogP contribution in [0.1, 0.15) is 25.3 Å². The Labute approximate surface area is 547 Å². The maximum Gasteiger partial charge on any atom is 0.243 e. The third-order valence-corrected chi connectivity index (χ3v) is 23.9. The molecule has 1 saturated carbocycles. The Morgan fingerprint density at radius 2 is 0.826 bits per heavy atom. The third-order valence-electron chi connectivity index (χ3n) is 17.1. The van der Waals surface area contributed by atoms with E-state index in [1.165, 1.54) is 16.4 Å². The molecule has 0 unspecified atom stereocenters. The molecule has 1 aliphatic carbocycles. The fraction of sp³-hybridized carbons (Fsp3) is 0.339. The number of halogens is 4. The normalized spacial score (nSPS) is 17.3. The van der Waals surface area contributed by atoms with Gasteiger partial charge in [-0.25, -0.2) is 29.6 Å². The minimum absolute atomic E-state index is 0.0387. The number of nitrogens with one attached hydrogen (secondary N) is 4. The smallest absolute Gasteiger partial charge is 0.243 e. The third kappa shape index (κ3) is 14.4. The van der Waals surface area contributed by atoms with E-state index in [4.69, 9.17) is 34.8 Å². The number of rotatable bonds is 11. The lowest BCUT2D eigenvalue weighted by Gasteiger charge is -2.35. The van der Waals surface area contributed by atoms with Gasteiger partial charge in [0.1, 0.15) is 5.82 Å². The quantitative estimate of drug-likeness (QED) is 0.0943. The van der Waals surface area contributed by atoms with Crippen molar-refractivity contribution in [2.24, 2.45) is 0 Å². The van der Waals surface area contributed by atoms with Crippen LogP contribution < -0.4 is 19.6 Å². The van der Waals surface area contributed by atoms with Gasteiger partial charge in [0.25, 0.3) is 0 Å². The summed E-state index contributed by atoms with van der Waals surface area (Å²) in [6, 6.07) is 32.1. The van der Waals surface area contributed by atoms with Gasteiger partial charge in [-0.05, 0) is 79.1 Å². The van der Waals surface area contributed by atoms with E-state index in [0.29, 0.717) is 130 Å². The van der Waals surface area contributed by atoms with Crippen molar-refractivity contribution < 1.29 is 34.4 Å². The van der Waals surface area contributed by atoms with Crippen molar-refractivity contribution >= 4 is 137 Å². The number of H-pyrrole nitrogens is 4. The van der Waals surface area contributed by atoms with Crippen LogP contribution in [0, 0.1) is 5.82 Å². The Balaban J connectivity index is 0.000000119. The molecule has 15 rings (SSSR count). The first-order valence-corrected chi connectivity index (χ1v) is 35.8. The number of hydrogen-bond acceptors (Lipinski definition) is 15. The van der Waals surface area contributed by atoms with Crippen LogP contribution in [0.25, 0.3) is 43.6 Å². The van der Waals surface area contributed by atoms with Gasteiger partial charge < -0.3 is 24.5 Å². The molecule has 5 aliphatic rings. The molecule has 4 aromatic heterocycles. The number of nitrogens with zero attached hydrogens (tertiary/aromatic N) is 12. The Kier molecular flexibility index (Phi) is 19.3. The van der Waals surface area contributed by atoms with E-state index in [-0.39, 0.29) is 22.7 Å². The van der Waals surface area contributed by atoms with Gasteiger partial charge in [0.05, 0.1) is 68.4 Å². The second kappa shape index (κ2) is 27.5. The van der Waals surface area contributed by atoms with Gasteiger partial charge in [0.2, 0.25) is 36.0 Å². The molecule has 92 heavy (non-hydrogen) atoms. The predicted molar refractivity (Wildman–Crippen MR) is 360 cm³/mol. The van der Waals surface area contributed by atoms with Gasteiger partial charge >= 0.3 is 0 Å². The summed E-state index contributed by atoms with van der Waals surface area (Å²) in [7, 11) is -9.84. The molecule has 4 aliphatic heterocycles. The SMILES string of the molecule is CC(=O)N1CCN(c2cc(F)cc3[nH]ncc23)CC1.O=S(=O)(C1CC1)N1CCN(c2cc(Cl)cc3[nH]ncc23)CC1.O=S(=O)(Cc1ccccc1)N1CCN(c2cc(Cl)cc3[nH]ncc23)CC1.O=S(=O)(c1ccccc1)N1CCN(c2cc(Cl)cc3[nH]ncc23)CC1. The number of anilines is 4. The lowest BCUT2D eigenvalue weighted by molar-refractivity contribution is -0.129. The van der Waals surface area contributed by atoms with Gasteiger partial charge in [0, 0.05) is 165 Å². The number of aromatic amines is 4. The van der Waals surface area contributed by atoms with Crippen LogP contribution in [0.2, 0.25) is 15.1 Å². The van der Waals surface area contributed by atoms with Crippen molar-refractivity contribution in [1.82, 2.24) is 58.6 Å². The fourth-order valence-electron chi connectivity index (χ4n) is 12.1. The Bertz CT molecular complexity index is 4590. The monoisotopic (exact) mass is 1370 g/mol. The van der Waals surface area contributed by atoms with Crippen molar-refractivity contribution in [2.75, 3.05) is 124 Å². The molecule has 0 bridgehead atoms. The average Bonchev–Trinajstić information content (AvgIpc) is 1.49. The second-order valence-electron chi connectivity index (χ2n) is 23.0. The highest BCUT2D eigenvalue weighted by atomic mass is 35.5. The number of carbonyl (C=O) groups excluding carboxylic acids is 1. The highest BCUT2D eigenvalue weighted by molar-refractivity contribution is 7.90. The van der Waals surface area contributed by atoms with Crippen LogP contribution in [0.3, 0.4) is 0 Å². The molecule has 1 amide bonds. The average molecular weight is 1370 g/mol. The minimum atomic E-state index is -3.45. The molecule has 8 heterocycles. The van der Waals surface area contributed by atoms with E-state index in [9.17, 15) is 34.4 Å². The van der Waals surface area contributed by atoms with Crippen LogP contribution >= 0.6 is 34.8 Å². The first-order valence-electron chi connectivity index (χ1n) is 30.1. The van der Waals surface area contributed by atoms with Crippen LogP contribution in [0.5, 0.6) is 0 Å². The van der Waals surface area contributed by atoms with Crippen molar-refractivity contribution in [3.05, 3.63) is 160 Å². The molecule has 5 fully saturated rings. The maximum absolute atomic E-state index is 13.6. The van der Waals surface area contributed by atoms with Crippen LogP contribution in [-0.2, 0) is 40.6 Å². The molecular weight excluding hydrogens is 1300 g/mol. The molecule has 6 aromatic carbocycles. The van der Waals surface area contributed by atoms with Gasteiger partial charge in [-0.15, -0.1) is 0 Å². The first-order chi connectivity index (χ1) is 44.3. The number of aromatic nitrogens is 8. The zero-order valence-electron chi connectivity index (χ0n) is 50.2. The summed E-state index contributed by atoms with van der Waals surface area (Å²) in [6.45, 7) is 11.0. The number of carbonyl (C=O) groups is 1. The number of amides is 1. The molecular formula is C62H68Cl3FN16O7S3. The summed E-state index contributed by atoms with van der Waals surface area (Å²) in [5, 5.41) is 33.5. The van der Waals surface area contributed by atoms with Crippen molar-refractivity contribution in [1.29, 1.82) is 0 Å². The van der Waals surface area contributed by atoms with Crippen molar-refractivity contribution in [3.63, 3.8) is 0 Å². The topological polar surface area (TPSA) is 260 Å². The molecule has 0 radical (unpaired) electrons. The van der Waals surface area contributed by atoms with Crippen molar-refractivity contribution in [2.45, 2.75) is 35.7 Å². The lowest BCUT2D eigenvalue weighted by atomic mass is 10.1. The fourth-order valence-corrected chi connectivity index (χ4v) is 17.5. The largest absolute Gasteiger partial charge is 0.368 e. The van der Waals surface area contributed by atoms with Gasteiger partial charge in [-0.3, -0.25) is 25.2 Å². The molecule has 23 nitrogen and oxygen atoms in total. The van der Waals surface area contributed by atoms with E-state index in [1.807, 2.05) is 77.7 Å². The zero-order valence-corrected chi connectivity index (χ0v) is 54.9.